The molecule has 0 saturated heterocycles. The first-order chi connectivity index (χ1) is 10.8. The third-order valence-corrected chi connectivity index (χ3v) is 4.51. The van der Waals surface area contributed by atoms with Gasteiger partial charge in [-0.3, -0.25) is 0 Å². The number of hydrogen-bond acceptors (Lipinski definition) is 0. The van der Waals surface area contributed by atoms with E-state index < -0.39 is 0 Å². The summed E-state index contributed by atoms with van der Waals surface area (Å²) in [6, 6.07) is 28.2. The Bertz CT molecular complexity index is 717. The summed E-state index contributed by atoms with van der Waals surface area (Å²) in [4.78, 5) is 0. The van der Waals surface area contributed by atoms with E-state index in [2.05, 4.69) is 94.8 Å². The van der Waals surface area contributed by atoms with Crippen LogP contribution in [-0.2, 0) is 18.2 Å². The Morgan fingerprint density at radius 3 is 1.73 bits per heavy atom. The molecule has 110 valence electrons. The molecule has 22 heavy (non-hydrogen) atoms. The predicted molar refractivity (Wildman–Crippen MR) is 97.6 cm³/mol. The van der Waals surface area contributed by atoms with Crippen molar-refractivity contribution in [3.63, 3.8) is 0 Å². The molecule has 0 nitrogen and oxygen atoms in total. The second kappa shape index (κ2) is 7.42. The normalized spacial score (nSPS) is 10.6. The van der Waals surface area contributed by atoms with Gasteiger partial charge in [0.05, 0.1) is 0 Å². The molecule has 0 bridgehead atoms. The van der Waals surface area contributed by atoms with Gasteiger partial charge in [-0.25, -0.2) is 0 Å². The van der Waals surface area contributed by atoms with Crippen molar-refractivity contribution >= 4 is 15.9 Å². The van der Waals surface area contributed by atoms with Crippen molar-refractivity contribution in [1.82, 2.24) is 0 Å². The van der Waals surface area contributed by atoms with Crippen molar-refractivity contribution in [2.24, 2.45) is 0 Å². The molecule has 0 N–H and O–H groups in total. The van der Waals surface area contributed by atoms with Crippen LogP contribution >= 0.6 is 15.9 Å². The molecule has 0 aromatic heterocycles. The van der Waals surface area contributed by atoms with Gasteiger partial charge in [0.2, 0.25) is 0 Å². The van der Waals surface area contributed by atoms with Gasteiger partial charge in [0.1, 0.15) is 0 Å². The molecule has 0 aliphatic rings. The van der Waals surface area contributed by atoms with Crippen molar-refractivity contribution < 1.29 is 0 Å². The van der Waals surface area contributed by atoms with E-state index in [-0.39, 0.29) is 0 Å². The molecular formula is C21H19Br. The Hall–Kier alpha value is -1.86. The third kappa shape index (κ3) is 3.86. The van der Waals surface area contributed by atoms with Crippen LogP contribution in [-0.4, -0.2) is 0 Å². The molecule has 0 radical (unpaired) electrons. The number of halogens is 1. The van der Waals surface area contributed by atoms with Gasteiger partial charge in [-0.2, -0.15) is 0 Å². The van der Waals surface area contributed by atoms with Gasteiger partial charge in [0, 0.05) is 5.33 Å². The van der Waals surface area contributed by atoms with Gasteiger partial charge >= 0.3 is 0 Å². The highest BCUT2D eigenvalue weighted by molar-refractivity contribution is 9.08. The second-order valence-electron chi connectivity index (χ2n) is 5.56. The van der Waals surface area contributed by atoms with Crippen molar-refractivity contribution in [2.45, 2.75) is 18.2 Å². The lowest BCUT2D eigenvalue weighted by molar-refractivity contribution is 1.11. The Balaban J connectivity index is 1.86. The van der Waals surface area contributed by atoms with E-state index in [1.54, 1.807) is 0 Å². The molecule has 0 aliphatic carbocycles. The van der Waals surface area contributed by atoms with E-state index in [1.165, 1.54) is 27.8 Å². The molecule has 0 saturated carbocycles. The zero-order valence-corrected chi connectivity index (χ0v) is 14.1. The summed E-state index contributed by atoms with van der Waals surface area (Å²) in [5.41, 5.74) is 6.89. The van der Waals surface area contributed by atoms with E-state index in [4.69, 9.17) is 0 Å². The Kier molecular flexibility index (Phi) is 5.07. The van der Waals surface area contributed by atoms with Gasteiger partial charge in [-0.1, -0.05) is 94.8 Å². The lowest BCUT2D eigenvalue weighted by Crippen LogP contribution is -1.97. The SMILES string of the molecule is BrCc1ccc(Cc2ccccc2)cc1Cc1ccccc1. The maximum atomic E-state index is 3.61. The molecule has 0 fully saturated rings. The zero-order valence-electron chi connectivity index (χ0n) is 12.5. The first-order valence-electron chi connectivity index (χ1n) is 7.59. The molecular weight excluding hydrogens is 332 g/mol. The summed E-state index contributed by atoms with van der Waals surface area (Å²) in [7, 11) is 0. The van der Waals surface area contributed by atoms with Gasteiger partial charge in [-0.05, 0) is 40.7 Å². The highest BCUT2D eigenvalue weighted by Gasteiger charge is 2.05. The van der Waals surface area contributed by atoms with Crippen LogP contribution in [0, 0.1) is 0 Å². The first kappa shape index (κ1) is 15.1. The van der Waals surface area contributed by atoms with Crippen LogP contribution in [0.2, 0.25) is 0 Å². The molecule has 0 atom stereocenters. The monoisotopic (exact) mass is 350 g/mol. The second-order valence-corrected chi connectivity index (χ2v) is 6.12. The van der Waals surface area contributed by atoms with E-state index in [0.717, 1.165) is 18.2 Å². The minimum absolute atomic E-state index is 0.904. The molecule has 0 heterocycles. The summed E-state index contributed by atoms with van der Waals surface area (Å²) in [5.74, 6) is 0. The highest BCUT2D eigenvalue weighted by Crippen LogP contribution is 2.20. The quantitative estimate of drug-likeness (QED) is 0.513. The van der Waals surface area contributed by atoms with Crippen molar-refractivity contribution in [3.8, 4) is 0 Å². The minimum atomic E-state index is 0.904. The van der Waals surface area contributed by atoms with E-state index >= 15 is 0 Å². The average Bonchev–Trinajstić information content (AvgIpc) is 2.57. The smallest absolute Gasteiger partial charge is 0.0285 e. The summed E-state index contributed by atoms with van der Waals surface area (Å²) >= 11 is 3.61. The first-order valence-corrected chi connectivity index (χ1v) is 8.72. The minimum Gasteiger partial charge on any atom is -0.0876 e. The topological polar surface area (TPSA) is 0 Å². The molecule has 3 aromatic carbocycles. The van der Waals surface area contributed by atoms with E-state index in [0.29, 0.717) is 0 Å². The molecule has 3 rings (SSSR count). The summed E-state index contributed by atoms with van der Waals surface area (Å²) in [6.45, 7) is 0. The van der Waals surface area contributed by atoms with Gasteiger partial charge < -0.3 is 0 Å². The maximum absolute atomic E-state index is 3.61. The Morgan fingerprint density at radius 1 is 0.545 bits per heavy atom. The fraction of sp³-hybridized carbons (Fsp3) is 0.143. The molecule has 0 amide bonds. The van der Waals surface area contributed by atoms with Crippen LogP contribution in [0.5, 0.6) is 0 Å². The van der Waals surface area contributed by atoms with Gasteiger partial charge in [0.25, 0.3) is 0 Å². The zero-order chi connectivity index (χ0) is 15.2. The molecule has 0 unspecified atom stereocenters. The predicted octanol–water partition coefficient (Wildman–Crippen LogP) is 5.76. The molecule has 1 heteroatoms. The lowest BCUT2D eigenvalue weighted by Gasteiger charge is -2.11. The van der Waals surface area contributed by atoms with Crippen molar-refractivity contribution in [1.29, 1.82) is 0 Å². The largest absolute Gasteiger partial charge is 0.0876 e. The number of rotatable bonds is 5. The van der Waals surface area contributed by atoms with Gasteiger partial charge in [-0.15, -0.1) is 0 Å². The number of alkyl halides is 1. The summed E-state index contributed by atoms with van der Waals surface area (Å²) in [5, 5.41) is 0.904. The standard InChI is InChI=1S/C21H19Br/c22-16-20-12-11-19(13-17-7-3-1-4-8-17)15-21(20)14-18-9-5-2-6-10-18/h1-12,15H,13-14,16H2. The Morgan fingerprint density at radius 2 is 1.14 bits per heavy atom. The average molecular weight is 351 g/mol. The number of hydrogen-bond donors (Lipinski definition) is 0. The third-order valence-electron chi connectivity index (χ3n) is 3.90. The highest BCUT2D eigenvalue weighted by atomic mass is 79.9. The maximum Gasteiger partial charge on any atom is 0.0285 e. The van der Waals surface area contributed by atoms with Crippen LogP contribution in [0.1, 0.15) is 27.8 Å². The van der Waals surface area contributed by atoms with Crippen LogP contribution in [0.15, 0.2) is 78.9 Å². The lowest BCUT2D eigenvalue weighted by atomic mass is 9.96. The van der Waals surface area contributed by atoms with E-state index in [9.17, 15) is 0 Å². The van der Waals surface area contributed by atoms with Crippen LogP contribution in [0.25, 0.3) is 0 Å². The Labute approximate surface area is 141 Å². The van der Waals surface area contributed by atoms with Crippen LogP contribution in [0.4, 0.5) is 0 Å². The van der Waals surface area contributed by atoms with Gasteiger partial charge in [0.15, 0.2) is 0 Å². The van der Waals surface area contributed by atoms with E-state index in [1.807, 2.05) is 0 Å². The fourth-order valence-electron chi connectivity index (χ4n) is 2.73. The number of benzene rings is 3. The summed E-state index contributed by atoms with van der Waals surface area (Å²) in [6.07, 6.45) is 1.98. The summed E-state index contributed by atoms with van der Waals surface area (Å²) < 4.78 is 0. The fourth-order valence-corrected chi connectivity index (χ4v) is 3.28. The van der Waals surface area contributed by atoms with Crippen LogP contribution < -0.4 is 0 Å². The molecule has 0 aliphatic heterocycles. The molecule has 0 spiro atoms. The van der Waals surface area contributed by atoms with Crippen molar-refractivity contribution in [3.05, 3.63) is 107 Å². The van der Waals surface area contributed by atoms with Crippen molar-refractivity contribution in [2.75, 3.05) is 0 Å². The van der Waals surface area contributed by atoms with Crippen LogP contribution in [0.3, 0.4) is 0 Å². The molecule has 3 aromatic rings.